The molecule has 0 amide bonds. The van der Waals surface area contributed by atoms with Crippen LogP contribution in [0, 0.1) is 17.8 Å². The third-order valence-corrected chi connectivity index (χ3v) is 7.53. The van der Waals surface area contributed by atoms with Crippen LogP contribution in [0.5, 0.6) is 0 Å². The van der Waals surface area contributed by atoms with Gasteiger partial charge in [0, 0.05) is 19.4 Å². The number of unbranched alkanes of at least 4 members (excludes halogenated alkanes) is 9. The van der Waals surface area contributed by atoms with E-state index in [2.05, 4.69) is 81.0 Å². The third kappa shape index (κ3) is 21.1. The average molecular weight is 512 g/mol. The van der Waals surface area contributed by atoms with Crippen molar-refractivity contribution in [2.45, 2.75) is 137 Å². The molecule has 1 aliphatic rings. The molecule has 1 heterocycles. The van der Waals surface area contributed by atoms with Gasteiger partial charge in [-0.3, -0.25) is 0 Å². The van der Waals surface area contributed by atoms with Crippen molar-refractivity contribution in [3.05, 3.63) is 48.9 Å². The van der Waals surface area contributed by atoms with Gasteiger partial charge >= 0.3 is 0 Å². The molecule has 2 heteroatoms. The molecule has 1 atom stereocenters. The largest absolute Gasteiger partial charge is 0.391 e. The van der Waals surface area contributed by atoms with Gasteiger partial charge in [0.05, 0.1) is 0 Å². The van der Waals surface area contributed by atoms with Gasteiger partial charge in [0.2, 0.25) is 0 Å². The highest BCUT2D eigenvalue weighted by molar-refractivity contribution is 5.53. The molecule has 0 saturated heterocycles. The fraction of sp³-hybridized carbons (Fsp3) is 0.743. The summed E-state index contributed by atoms with van der Waals surface area (Å²) >= 11 is 0. The van der Waals surface area contributed by atoms with E-state index in [1.165, 1.54) is 115 Å². The van der Waals surface area contributed by atoms with Crippen LogP contribution in [0.1, 0.15) is 137 Å². The van der Waals surface area contributed by atoms with E-state index in [1.54, 1.807) is 0 Å². The van der Waals surface area contributed by atoms with Crippen LogP contribution in [0.4, 0.5) is 0 Å². The minimum absolute atomic E-state index is 0.783. The molecule has 1 aliphatic heterocycles. The van der Waals surface area contributed by atoms with Gasteiger partial charge < -0.3 is 5.32 Å². The summed E-state index contributed by atoms with van der Waals surface area (Å²) in [7, 11) is 0. The van der Waals surface area contributed by atoms with E-state index in [0.29, 0.717) is 0 Å². The molecular formula is C35H63N2+. The minimum atomic E-state index is 0.783. The van der Waals surface area contributed by atoms with Gasteiger partial charge in [0.1, 0.15) is 12.8 Å². The van der Waals surface area contributed by atoms with Crippen LogP contribution in [-0.4, -0.2) is 23.9 Å². The summed E-state index contributed by atoms with van der Waals surface area (Å²) in [6.07, 6.45) is 38.5. The van der Waals surface area contributed by atoms with Crippen molar-refractivity contribution in [1.29, 1.82) is 0 Å². The first-order valence-corrected chi connectivity index (χ1v) is 16.0. The maximum Gasteiger partial charge on any atom is 0.164 e. The molecule has 1 unspecified atom stereocenters. The summed E-state index contributed by atoms with van der Waals surface area (Å²) < 4.78 is 2.44. The highest BCUT2D eigenvalue weighted by Crippen LogP contribution is 2.19. The van der Waals surface area contributed by atoms with Gasteiger partial charge in [0.25, 0.3) is 0 Å². The molecule has 0 bridgehead atoms. The van der Waals surface area contributed by atoms with E-state index in [-0.39, 0.29) is 0 Å². The highest BCUT2D eigenvalue weighted by atomic mass is 15.0. The maximum absolute atomic E-state index is 3.86. The lowest BCUT2D eigenvalue weighted by atomic mass is 9.95. The lowest BCUT2D eigenvalue weighted by Crippen LogP contribution is -2.15. The zero-order valence-corrected chi connectivity index (χ0v) is 25.4. The van der Waals surface area contributed by atoms with Crippen molar-refractivity contribution in [3.63, 3.8) is 0 Å². The molecule has 0 aromatic carbocycles. The van der Waals surface area contributed by atoms with Crippen LogP contribution in [-0.2, 0) is 0 Å². The number of hydrogen-bond donors (Lipinski definition) is 1. The minimum Gasteiger partial charge on any atom is -0.391 e. The first-order valence-electron chi connectivity index (χ1n) is 16.0. The Balaban J connectivity index is 1.89. The lowest BCUT2D eigenvalue weighted by Gasteiger charge is -2.13. The summed E-state index contributed by atoms with van der Waals surface area (Å²) in [6.45, 7) is 15.4. The van der Waals surface area contributed by atoms with E-state index in [9.17, 15) is 0 Å². The Morgan fingerprint density at radius 3 is 2.08 bits per heavy atom. The zero-order chi connectivity index (χ0) is 27.0. The van der Waals surface area contributed by atoms with Crippen molar-refractivity contribution >= 4 is 6.21 Å². The van der Waals surface area contributed by atoms with Gasteiger partial charge in [-0.1, -0.05) is 111 Å². The molecule has 1 rings (SSSR count). The molecule has 1 N–H and O–H groups in total. The molecule has 0 saturated carbocycles. The Morgan fingerprint density at radius 1 is 0.865 bits per heavy atom. The van der Waals surface area contributed by atoms with Crippen molar-refractivity contribution in [2.24, 2.45) is 17.8 Å². The first-order chi connectivity index (χ1) is 18.0. The summed E-state index contributed by atoms with van der Waals surface area (Å²) in [5.41, 5.74) is 1.38. The standard InChI is InChI=1S/C35H63N2/c1-6-19-34(22-17-20-32(2)3)24-28-36-27-15-13-11-9-7-8-10-12-14-16-29-37-30-25-35(26-31-37)23-18-21-33(4)5/h6,19,24-25,28,30-33,35-36H,1,7-18,20-23,26-27,29H2,2-5H3/q+1/b28-24-,34-19-. The van der Waals surface area contributed by atoms with Crippen molar-refractivity contribution < 1.29 is 4.58 Å². The molecular weight excluding hydrogens is 448 g/mol. The van der Waals surface area contributed by atoms with E-state index in [4.69, 9.17) is 0 Å². The fourth-order valence-electron chi connectivity index (χ4n) is 5.08. The number of hydrogen-bond acceptors (Lipinski definition) is 1. The van der Waals surface area contributed by atoms with Crippen LogP contribution >= 0.6 is 0 Å². The normalized spacial score (nSPS) is 16.2. The monoisotopic (exact) mass is 511 g/mol. The smallest absolute Gasteiger partial charge is 0.164 e. The summed E-state index contributed by atoms with van der Waals surface area (Å²) in [5, 5.41) is 3.48. The van der Waals surface area contributed by atoms with Gasteiger partial charge in [0.15, 0.2) is 6.20 Å². The first kappa shape index (κ1) is 33.5. The predicted octanol–water partition coefficient (Wildman–Crippen LogP) is 10.4. The van der Waals surface area contributed by atoms with Crippen LogP contribution in [0.3, 0.4) is 0 Å². The fourth-order valence-corrected chi connectivity index (χ4v) is 5.08. The van der Waals surface area contributed by atoms with Crippen molar-refractivity contribution in [3.8, 4) is 0 Å². The summed E-state index contributed by atoms with van der Waals surface area (Å²) in [5.74, 6) is 2.42. The number of nitrogens with zero attached hydrogens (tertiary/aromatic N) is 1. The average Bonchev–Trinajstić information content (AvgIpc) is 2.86. The molecule has 0 spiro atoms. The van der Waals surface area contributed by atoms with Gasteiger partial charge in [-0.15, -0.1) is 0 Å². The molecule has 0 aromatic heterocycles. The molecule has 2 nitrogen and oxygen atoms in total. The number of rotatable bonds is 24. The highest BCUT2D eigenvalue weighted by Gasteiger charge is 2.13. The Hall–Kier alpha value is -1.57. The van der Waals surface area contributed by atoms with E-state index >= 15 is 0 Å². The molecule has 0 aliphatic carbocycles. The number of allylic oxidation sites excluding steroid dienone is 5. The molecule has 212 valence electrons. The molecule has 0 aromatic rings. The second kappa shape index (κ2) is 23.5. The van der Waals surface area contributed by atoms with Crippen LogP contribution in [0.25, 0.3) is 0 Å². The van der Waals surface area contributed by atoms with Crippen LogP contribution in [0.2, 0.25) is 0 Å². The Morgan fingerprint density at radius 2 is 1.49 bits per heavy atom. The lowest BCUT2D eigenvalue weighted by molar-refractivity contribution is -0.456. The van der Waals surface area contributed by atoms with Crippen molar-refractivity contribution in [2.75, 3.05) is 13.1 Å². The summed E-state index contributed by atoms with van der Waals surface area (Å²) in [4.78, 5) is 0. The van der Waals surface area contributed by atoms with Crippen molar-refractivity contribution in [1.82, 2.24) is 5.32 Å². The Kier molecular flexibility index (Phi) is 21.3. The molecule has 0 radical (unpaired) electrons. The molecule has 0 fully saturated rings. The number of nitrogens with one attached hydrogen (secondary N) is 1. The van der Waals surface area contributed by atoms with Gasteiger partial charge in [-0.25, -0.2) is 4.58 Å². The second-order valence-corrected chi connectivity index (χ2v) is 12.2. The molecule has 37 heavy (non-hydrogen) atoms. The Labute approximate surface area is 232 Å². The quantitative estimate of drug-likeness (QED) is 0.0773. The topological polar surface area (TPSA) is 15.0 Å². The van der Waals surface area contributed by atoms with Crippen LogP contribution < -0.4 is 5.32 Å². The Bertz CT molecular complexity index is 665. The van der Waals surface area contributed by atoms with Crippen LogP contribution in [0.15, 0.2) is 48.9 Å². The zero-order valence-electron chi connectivity index (χ0n) is 25.4. The van der Waals surface area contributed by atoms with Gasteiger partial charge in [-0.2, -0.15) is 0 Å². The second-order valence-electron chi connectivity index (χ2n) is 12.2. The SMILES string of the molecule is C=C/C=C(\C=C/NCCCCCCCCCCCC[N+]1=CCC(CCCC(C)C)C=C1)CCCC(C)C. The summed E-state index contributed by atoms with van der Waals surface area (Å²) in [6, 6.07) is 0. The van der Waals surface area contributed by atoms with E-state index in [0.717, 1.165) is 30.7 Å². The van der Waals surface area contributed by atoms with E-state index in [1.807, 2.05) is 6.08 Å². The maximum atomic E-state index is 3.86. The van der Waals surface area contributed by atoms with Gasteiger partial charge in [-0.05, 0) is 73.8 Å². The third-order valence-electron chi connectivity index (χ3n) is 7.53. The van der Waals surface area contributed by atoms with E-state index < -0.39 is 0 Å². The predicted molar refractivity (Wildman–Crippen MR) is 167 cm³/mol.